The van der Waals surface area contributed by atoms with Crippen LogP contribution in [0.25, 0.3) is 21.6 Å². The first kappa shape index (κ1) is 9.85. The molecule has 4 nitrogen and oxygen atoms in total. The van der Waals surface area contributed by atoms with E-state index in [1.807, 2.05) is 35.8 Å². The van der Waals surface area contributed by atoms with Gasteiger partial charge < -0.3 is 9.47 Å². The van der Waals surface area contributed by atoms with Gasteiger partial charge in [0.15, 0.2) is 17.3 Å². The topological polar surface area (TPSA) is 44.2 Å². The van der Waals surface area contributed by atoms with Crippen LogP contribution in [0.15, 0.2) is 35.8 Å². The van der Waals surface area contributed by atoms with Gasteiger partial charge in [-0.25, -0.2) is 9.97 Å². The van der Waals surface area contributed by atoms with Gasteiger partial charge in [0.1, 0.15) is 0 Å². The summed E-state index contributed by atoms with van der Waals surface area (Å²) in [7, 11) is 0. The lowest BCUT2D eigenvalue weighted by Crippen LogP contribution is -1.92. The van der Waals surface area contributed by atoms with Crippen molar-refractivity contribution in [3.63, 3.8) is 0 Å². The van der Waals surface area contributed by atoms with Crippen molar-refractivity contribution in [3.8, 4) is 22.2 Å². The first-order valence-electron chi connectivity index (χ1n) is 5.50. The number of aromatic nitrogens is 2. The number of ether oxygens (including phenoxy) is 2. The molecule has 0 radical (unpaired) electrons. The van der Waals surface area contributed by atoms with Crippen molar-refractivity contribution < 1.29 is 9.47 Å². The quantitative estimate of drug-likeness (QED) is 0.671. The normalized spacial score (nSPS) is 13.1. The van der Waals surface area contributed by atoms with E-state index in [4.69, 9.17) is 9.47 Å². The van der Waals surface area contributed by atoms with Crippen molar-refractivity contribution in [2.75, 3.05) is 6.79 Å². The standard InChI is InChI=1S/C13H8N2O2S/c1-2-12(18-3-1)13-14-6-8-4-10-11(17-7-16-10)5-9(8)15-13/h1-6H,7H2. The third-order valence-corrected chi connectivity index (χ3v) is 3.68. The highest BCUT2D eigenvalue weighted by Gasteiger charge is 2.15. The Morgan fingerprint density at radius 3 is 2.89 bits per heavy atom. The molecule has 0 amide bonds. The number of benzene rings is 1. The highest BCUT2D eigenvalue weighted by Crippen LogP contribution is 2.35. The average molecular weight is 256 g/mol. The van der Waals surface area contributed by atoms with E-state index >= 15 is 0 Å². The lowest BCUT2D eigenvalue weighted by Gasteiger charge is -2.02. The Morgan fingerprint density at radius 2 is 2.06 bits per heavy atom. The van der Waals surface area contributed by atoms with Gasteiger partial charge in [0, 0.05) is 17.6 Å². The molecule has 0 fully saturated rings. The molecular weight excluding hydrogens is 248 g/mol. The summed E-state index contributed by atoms with van der Waals surface area (Å²) < 4.78 is 10.7. The van der Waals surface area contributed by atoms with Crippen LogP contribution in [0.3, 0.4) is 0 Å². The SMILES string of the molecule is c1csc(-c2ncc3cc4c(cc3n2)OCO4)c1. The van der Waals surface area contributed by atoms with E-state index in [1.54, 1.807) is 11.3 Å². The fraction of sp³-hybridized carbons (Fsp3) is 0.0769. The number of rotatable bonds is 1. The maximum absolute atomic E-state index is 5.36. The molecule has 18 heavy (non-hydrogen) atoms. The number of fused-ring (bicyclic) bond motifs is 2. The molecule has 1 aromatic carbocycles. The highest BCUT2D eigenvalue weighted by molar-refractivity contribution is 7.13. The van der Waals surface area contributed by atoms with Crippen LogP contribution in [0.2, 0.25) is 0 Å². The predicted octanol–water partition coefficient (Wildman–Crippen LogP) is 3.09. The smallest absolute Gasteiger partial charge is 0.231 e. The molecule has 0 saturated heterocycles. The second kappa shape index (κ2) is 3.68. The van der Waals surface area contributed by atoms with Gasteiger partial charge in [0.2, 0.25) is 6.79 Å². The van der Waals surface area contributed by atoms with Crippen LogP contribution in [-0.4, -0.2) is 16.8 Å². The summed E-state index contributed by atoms with van der Waals surface area (Å²) in [5.74, 6) is 2.25. The summed E-state index contributed by atoms with van der Waals surface area (Å²) in [6.07, 6.45) is 1.82. The summed E-state index contributed by atoms with van der Waals surface area (Å²) >= 11 is 1.63. The highest BCUT2D eigenvalue weighted by atomic mass is 32.1. The van der Waals surface area contributed by atoms with Crippen molar-refractivity contribution in [1.29, 1.82) is 0 Å². The second-order valence-corrected chi connectivity index (χ2v) is 4.88. The van der Waals surface area contributed by atoms with E-state index < -0.39 is 0 Å². The first-order valence-corrected chi connectivity index (χ1v) is 6.38. The van der Waals surface area contributed by atoms with Crippen molar-refractivity contribution in [2.45, 2.75) is 0 Å². The minimum Gasteiger partial charge on any atom is -0.454 e. The monoisotopic (exact) mass is 256 g/mol. The Labute approximate surface area is 107 Å². The summed E-state index contributed by atoms with van der Waals surface area (Å²) in [6, 6.07) is 7.82. The third kappa shape index (κ3) is 1.44. The van der Waals surface area contributed by atoms with Crippen molar-refractivity contribution in [3.05, 3.63) is 35.8 Å². The first-order chi connectivity index (χ1) is 8.90. The maximum atomic E-state index is 5.36. The fourth-order valence-electron chi connectivity index (χ4n) is 1.95. The molecule has 0 aliphatic carbocycles. The molecule has 0 atom stereocenters. The molecule has 5 heteroatoms. The van der Waals surface area contributed by atoms with Gasteiger partial charge in [0.05, 0.1) is 10.4 Å². The summed E-state index contributed by atoms with van der Waals surface area (Å²) in [5, 5.41) is 2.97. The van der Waals surface area contributed by atoms with Crippen LogP contribution in [0.5, 0.6) is 11.5 Å². The van der Waals surface area contributed by atoms with E-state index in [1.165, 1.54) is 0 Å². The van der Waals surface area contributed by atoms with Crippen molar-refractivity contribution >= 4 is 22.2 Å². The number of nitrogens with zero attached hydrogens (tertiary/aromatic N) is 2. The maximum Gasteiger partial charge on any atom is 0.231 e. The third-order valence-electron chi connectivity index (χ3n) is 2.82. The molecule has 0 saturated carbocycles. The average Bonchev–Trinajstić information content (AvgIpc) is 3.06. The largest absolute Gasteiger partial charge is 0.454 e. The van der Waals surface area contributed by atoms with Crippen LogP contribution in [-0.2, 0) is 0 Å². The van der Waals surface area contributed by atoms with E-state index in [0.29, 0.717) is 0 Å². The summed E-state index contributed by atoms with van der Waals surface area (Å²) in [6.45, 7) is 0.275. The molecule has 0 N–H and O–H groups in total. The van der Waals surface area contributed by atoms with Gasteiger partial charge in [-0.15, -0.1) is 11.3 Å². The molecule has 1 aliphatic rings. The molecule has 0 spiro atoms. The van der Waals surface area contributed by atoms with Crippen LogP contribution < -0.4 is 9.47 Å². The lowest BCUT2D eigenvalue weighted by molar-refractivity contribution is 0.174. The predicted molar refractivity (Wildman–Crippen MR) is 69.0 cm³/mol. The Bertz CT molecular complexity index is 725. The van der Waals surface area contributed by atoms with Crippen LogP contribution >= 0.6 is 11.3 Å². The number of thiophene rings is 1. The molecule has 1 aliphatic heterocycles. The van der Waals surface area contributed by atoms with Gasteiger partial charge in [0.25, 0.3) is 0 Å². The Balaban J connectivity index is 1.92. The van der Waals surface area contributed by atoms with Gasteiger partial charge in [-0.3, -0.25) is 0 Å². The Hall–Kier alpha value is -2.14. The van der Waals surface area contributed by atoms with Crippen molar-refractivity contribution in [1.82, 2.24) is 9.97 Å². The summed E-state index contributed by atoms with van der Waals surface area (Å²) in [5.41, 5.74) is 0.873. The van der Waals surface area contributed by atoms with Crippen molar-refractivity contribution in [2.24, 2.45) is 0 Å². The zero-order valence-electron chi connectivity index (χ0n) is 9.29. The Morgan fingerprint density at radius 1 is 1.17 bits per heavy atom. The minimum atomic E-state index is 0.275. The number of hydrogen-bond acceptors (Lipinski definition) is 5. The molecule has 88 valence electrons. The van der Waals surface area contributed by atoms with Crippen LogP contribution in [0.4, 0.5) is 0 Å². The number of hydrogen-bond donors (Lipinski definition) is 0. The Kier molecular flexibility index (Phi) is 2.01. The van der Waals surface area contributed by atoms with E-state index in [-0.39, 0.29) is 6.79 Å². The fourth-order valence-corrected chi connectivity index (χ4v) is 2.61. The van der Waals surface area contributed by atoms with Gasteiger partial charge in [-0.2, -0.15) is 0 Å². The van der Waals surface area contributed by atoms with Crippen LogP contribution in [0, 0.1) is 0 Å². The second-order valence-electron chi connectivity index (χ2n) is 3.94. The molecular formula is C13H8N2O2S. The summed E-state index contributed by atoms with van der Waals surface area (Å²) in [4.78, 5) is 10.0. The van der Waals surface area contributed by atoms with E-state index in [9.17, 15) is 0 Å². The molecule has 4 rings (SSSR count). The van der Waals surface area contributed by atoms with E-state index in [2.05, 4.69) is 9.97 Å². The molecule has 3 aromatic rings. The minimum absolute atomic E-state index is 0.275. The molecule has 2 aromatic heterocycles. The lowest BCUT2D eigenvalue weighted by atomic mass is 10.2. The van der Waals surface area contributed by atoms with Gasteiger partial charge in [-0.1, -0.05) is 6.07 Å². The molecule has 0 unspecified atom stereocenters. The molecule has 3 heterocycles. The zero-order valence-corrected chi connectivity index (χ0v) is 10.1. The van der Waals surface area contributed by atoms with E-state index in [0.717, 1.165) is 33.1 Å². The van der Waals surface area contributed by atoms with Gasteiger partial charge >= 0.3 is 0 Å². The van der Waals surface area contributed by atoms with Crippen LogP contribution in [0.1, 0.15) is 0 Å². The molecule has 0 bridgehead atoms. The van der Waals surface area contributed by atoms with Gasteiger partial charge in [-0.05, 0) is 17.5 Å². The zero-order chi connectivity index (χ0) is 11.9.